The molecule has 1 atom stereocenters. The summed E-state index contributed by atoms with van der Waals surface area (Å²) in [6.07, 6.45) is -0.822. The Morgan fingerprint density at radius 1 is 1.00 bits per heavy atom. The average Bonchev–Trinajstić information content (AvgIpc) is 3.39. The molecule has 1 aromatic heterocycles. The van der Waals surface area contributed by atoms with Gasteiger partial charge in [-0.1, -0.05) is 30.3 Å². The maximum absolute atomic E-state index is 12.5. The third-order valence-electron chi connectivity index (χ3n) is 4.99. The van der Waals surface area contributed by atoms with Gasteiger partial charge in [-0.15, -0.1) is 11.3 Å². The Kier molecular flexibility index (Phi) is 7.24. The number of hydrogen-bond acceptors (Lipinski definition) is 7. The number of ether oxygens (including phenoxy) is 3. The van der Waals surface area contributed by atoms with Crippen molar-refractivity contribution in [3.05, 3.63) is 82.8 Å². The fraction of sp³-hybridized carbons (Fsp3) is 0.160. The number of nitrogens with one attached hydrogen (secondary N) is 2. The Balaban J connectivity index is 1.32. The van der Waals surface area contributed by atoms with Crippen LogP contribution in [0.2, 0.25) is 0 Å². The van der Waals surface area contributed by atoms with Crippen molar-refractivity contribution in [3.8, 4) is 17.2 Å². The van der Waals surface area contributed by atoms with Crippen LogP contribution in [-0.4, -0.2) is 30.0 Å². The van der Waals surface area contributed by atoms with Crippen LogP contribution in [-0.2, 0) is 11.4 Å². The lowest BCUT2D eigenvalue weighted by Crippen LogP contribution is -2.47. The van der Waals surface area contributed by atoms with Crippen LogP contribution in [0.4, 0.5) is 0 Å². The lowest BCUT2D eigenvalue weighted by Gasteiger charge is -2.16. The Hall–Kier alpha value is -4.11. The summed E-state index contributed by atoms with van der Waals surface area (Å²) in [6, 6.07) is 18.2. The monoisotopic (exact) mass is 477 g/mol. The van der Waals surface area contributed by atoms with Crippen molar-refractivity contribution in [2.75, 3.05) is 7.11 Å². The van der Waals surface area contributed by atoms with E-state index in [1.165, 1.54) is 24.5 Å². The summed E-state index contributed by atoms with van der Waals surface area (Å²) in [7, 11) is 1.49. The molecule has 4 rings (SSSR count). The van der Waals surface area contributed by atoms with E-state index < -0.39 is 17.9 Å². The van der Waals surface area contributed by atoms with Crippen LogP contribution in [0.5, 0.6) is 17.2 Å². The number of carbonyl (C=O) groups excluding carboxylic acids is 2. The van der Waals surface area contributed by atoms with Gasteiger partial charge >= 0.3 is 0 Å². The van der Waals surface area contributed by atoms with E-state index in [9.17, 15) is 9.59 Å². The van der Waals surface area contributed by atoms with E-state index in [2.05, 4.69) is 15.8 Å². The summed E-state index contributed by atoms with van der Waals surface area (Å²) in [5.74, 6) is 0.439. The minimum atomic E-state index is -0.822. The minimum absolute atomic E-state index is 0.288. The third-order valence-corrected chi connectivity index (χ3v) is 5.62. The van der Waals surface area contributed by atoms with Gasteiger partial charge in [-0.05, 0) is 48.0 Å². The molecule has 0 spiro atoms. The summed E-state index contributed by atoms with van der Waals surface area (Å²) in [4.78, 5) is 29.1. The Bertz CT molecular complexity index is 1290. The number of thiazole rings is 1. The van der Waals surface area contributed by atoms with E-state index in [1.54, 1.807) is 30.6 Å². The van der Waals surface area contributed by atoms with Gasteiger partial charge in [0, 0.05) is 10.9 Å². The highest BCUT2D eigenvalue weighted by Crippen LogP contribution is 2.29. The molecule has 174 valence electrons. The SMILES string of the molecule is COc1cc(C(=O)NNC(=O)C(C)Oc2ccc3ccccc3c2)ccc1OCc1cscn1. The van der Waals surface area contributed by atoms with Crippen LogP contribution in [0, 0.1) is 0 Å². The molecule has 0 bridgehead atoms. The standard InChI is InChI=1S/C25H23N3O5S/c1-16(33-21-9-7-17-5-3-4-6-18(17)11-21)24(29)27-28-25(30)19-8-10-22(23(12-19)31-2)32-13-20-14-34-15-26-20/h3-12,14-16H,13H2,1-2H3,(H,27,29)(H,28,30). The van der Waals surface area contributed by atoms with Gasteiger partial charge in [0.05, 0.1) is 18.3 Å². The van der Waals surface area contributed by atoms with E-state index >= 15 is 0 Å². The number of hydrogen-bond donors (Lipinski definition) is 2. The van der Waals surface area contributed by atoms with Crippen LogP contribution in [0.25, 0.3) is 10.8 Å². The molecule has 0 aliphatic heterocycles. The highest BCUT2D eigenvalue weighted by atomic mass is 32.1. The summed E-state index contributed by atoms with van der Waals surface area (Å²) >= 11 is 1.48. The molecule has 8 nitrogen and oxygen atoms in total. The molecule has 0 fully saturated rings. The minimum Gasteiger partial charge on any atom is -0.493 e. The molecule has 2 N–H and O–H groups in total. The van der Waals surface area contributed by atoms with E-state index in [1.807, 2.05) is 41.8 Å². The molecule has 0 saturated carbocycles. The zero-order chi connectivity index (χ0) is 23.9. The fourth-order valence-corrected chi connectivity index (χ4v) is 3.72. The van der Waals surface area contributed by atoms with Crippen molar-refractivity contribution in [2.24, 2.45) is 0 Å². The number of fused-ring (bicyclic) bond motifs is 1. The number of hydrazine groups is 1. The molecule has 1 unspecified atom stereocenters. The van der Waals surface area contributed by atoms with Gasteiger partial charge in [0.15, 0.2) is 17.6 Å². The van der Waals surface area contributed by atoms with E-state index in [4.69, 9.17) is 14.2 Å². The average molecular weight is 478 g/mol. The highest BCUT2D eigenvalue weighted by molar-refractivity contribution is 7.07. The lowest BCUT2D eigenvalue weighted by molar-refractivity contribution is -0.128. The molecule has 0 saturated heterocycles. The first-order valence-corrected chi connectivity index (χ1v) is 11.4. The number of methoxy groups -OCH3 is 1. The molecule has 34 heavy (non-hydrogen) atoms. The number of aromatic nitrogens is 1. The normalized spacial score (nSPS) is 11.5. The van der Waals surface area contributed by atoms with Crippen molar-refractivity contribution in [2.45, 2.75) is 19.6 Å². The van der Waals surface area contributed by atoms with Crippen molar-refractivity contribution in [1.29, 1.82) is 0 Å². The number of carbonyl (C=O) groups is 2. The maximum Gasteiger partial charge on any atom is 0.279 e. The van der Waals surface area contributed by atoms with Crippen LogP contribution in [0.15, 0.2) is 71.6 Å². The third kappa shape index (κ3) is 5.62. The Labute approximate surface area is 200 Å². The van der Waals surface area contributed by atoms with E-state index in [0.29, 0.717) is 22.8 Å². The van der Waals surface area contributed by atoms with Gasteiger partial charge < -0.3 is 14.2 Å². The highest BCUT2D eigenvalue weighted by Gasteiger charge is 2.17. The molecular formula is C25H23N3O5S. The summed E-state index contributed by atoms with van der Waals surface area (Å²) < 4.78 is 16.8. The van der Waals surface area contributed by atoms with Crippen LogP contribution in [0.1, 0.15) is 23.0 Å². The Morgan fingerprint density at radius 3 is 2.59 bits per heavy atom. The van der Waals surface area contributed by atoms with Crippen molar-refractivity contribution in [3.63, 3.8) is 0 Å². The largest absolute Gasteiger partial charge is 0.493 e. The second-order valence-electron chi connectivity index (χ2n) is 7.35. The van der Waals surface area contributed by atoms with Gasteiger partial charge in [-0.3, -0.25) is 20.4 Å². The molecule has 0 radical (unpaired) electrons. The number of nitrogens with zero attached hydrogens (tertiary/aromatic N) is 1. The second-order valence-corrected chi connectivity index (χ2v) is 8.07. The van der Waals surface area contributed by atoms with Crippen LogP contribution < -0.4 is 25.1 Å². The summed E-state index contributed by atoms with van der Waals surface area (Å²) in [6.45, 7) is 1.89. The molecular weight excluding hydrogens is 454 g/mol. The predicted octanol–water partition coefficient (Wildman–Crippen LogP) is 4.11. The quantitative estimate of drug-likeness (QED) is 0.371. The van der Waals surface area contributed by atoms with Crippen LogP contribution in [0.3, 0.4) is 0 Å². The topological polar surface area (TPSA) is 98.8 Å². The van der Waals surface area contributed by atoms with Gasteiger partial charge in [0.1, 0.15) is 12.4 Å². The number of amides is 2. The molecule has 4 aromatic rings. The summed E-state index contributed by atoms with van der Waals surface area (Å²) in [5, 5.41) is 3.98. The second kappa shape index (κ2) is 10.7. The molecule has 2 amide bonds. The fourth-order valence-electron chi connectivity index (χ4n) is 3.18. The first-order valence-electron chi connectivity index (χ1n) is 10.5. The molecule has 0 aliphatic rings. The van der Waals surface area contributed by atoms with E-state index in [0.717, 1.165) is 16.5 Å². The van der Waals surface area contributed by atoms with Gasteiger partial charge in [-0.25, -0.2) is 4.98 Å². The number of benzene rings is 3. The summed E-state index contributed by atoms with van der Waals surface area (Å²) in [5.41, 5.74) is 7.61. The molecule has 9 heteroatoms. The molecule has 0 aliphatic carbocycles. The van der Waals surface area contributed by atoms with Gasteiger partial charge in [0.2, 0.25) is 0 Å². The predicted molar refractivity (Wildman–Crippen MR) is 129 cm³/mol. The van der Waals surface area contributed by atoms with Gasteiger partial charge in [-0.2, -0.15) is 0 Å². The van der Waals surface area contributed by atoms with Crippen molar-refractivity contribution >= 4 is 33.9 Å². The maximum atomic E-state index is 12.5. The van der Waals surface area contributed by atoms with Crippen molar-refractivity contribution in [1.82, 2.24) is 15.8 Å². The molecule has 1 heterocycles. The van der Waals surface area contributed by atoms with Crippen LogP contribution >= 0.6 is 11.3 Å². The first kappa shape index (κ1) is 23.1. The van der Waals surface area contributed by atoms with Gasteiger partial charge in [0.25, 0.3) is 11.8 Å². The Morgan fingerprint density at radius 2 is 1.82 bits per heavy atom. The van der Waals surface area contributed by atoms with E-state index in [-0.39, 0.29) is 6.61 Å². The smallest absolute Gasteiger partial charge is 0.279 e. The zero-order valence-electron chi connectivity index (χ0n) is 18.6. The zero-order valence-corrected chi connectivity index (χ0v) is 19.4. The number of rotatable bonds is 8. The molecule has 3 aromatic carbocycles. The first-order chi connectivity index (χ1) is 16.5. The van der Waals surface area contributed by atoms with Crippen molar-refractivity contribution < 1.29 is 23.8 Å². The lowest BCUT2D eigenvalue weighted by atomic mass is 10.1.